The second-order valence-corrected chi connectivity index (χ2v) is 8.30. The van der Waals surface area contributed by atoms with Gasteiger partial charge in [-0.3, -0.25) is 0 Å². The Kier molecular flexibility index (Phi) is 5.02. The van der Waals surface area contributed by atoms with Gasteiger partial charge in [0, 0.05) is 41.6 Å². The maximum absolute atomic E-state index is 4.91. The van der Waals surface area contributed by atoms with E-state index in [9.17, 15) is 0 Å². The molecule has 1 aliphatic heterocycles. The van der Waals surface area contributed by atoms with Gasteiger partial charge >= 0.3 is 0 Å². The Morgan fingerprint density at radius 1 is 1.33 bits per heavy atom. The van der Waals surface area contributed by atoms with Crippen LogP contribution in [0, 0.1) is 6.92 Å². The van der Waals surface area contributed by atoms with Gasteiger partial charge in [0.05, 0.1) is 0 Å². The van der Waals surface area contributed by atoms with Gasteiger partial charge in [0.15, 0.2) is 0 Å². The van der Waals surface area contributed by atoms with Crippen LogP contribution >= 0.6 is 11.8 Å². The predicted octanol–water partition coefficient (Wildman–Crippen LogP) is 3.46. The number of aromatic nitrogens is 2. The van der Waals surface area contributed by atoms with Crippen LogP contribution in [-0.4, -0.2) is 40.6 Å². The minimum Gasteiger partial charge on any atom is -0.370 e. The minimum atomic E-state index is -0.0389. The third-order valence-corrected chi connectivity index (χ3v) is 4.81. The summed E-state index contributed by atoms with van der Waals surface area (Å²) in [6, 6.07) is 0. The molecule has 2 heterocycles. The van der Waals surface area contributed by atoms with Crippen LogP contribution in [-0.2, 0) is 5.41 Å². The maximum Gasteiger partial charge on any atom is 0.138 e. The third kappa shape index (κ3) is 3.82. The normalized spacial score (nSPS) is 19.7. The first-order valence-corrected chi connectivity index (χ1v) is 8.87. The zero-order valence-corrected chi connectivity index (χ0v) is 15.0. The fourth-order valence-corrected chi connectivity index (χ4v) is 3.51. The lowest BCUT2D eigenvalue weighted by atomic mass is 9.95. The molecule has 1 aliphatic rings. The molecule has 1 saturated heterocycles. The molecule has 21 heavy (non-hydrogen) atoms. The summed E-state index contributed by atoms with van der Waals surface area (Å²) in [6.07, 6.45) is 0. The summed E-state index contributed by atoms with van der Waals surface area (Å²) in [5.74, 6) is 4.19. The van der Waals surface area contributed by atoms with E-state index in [-0.39, 0.29) is 5.41 Å². The highest BCUT2D eigenvalue weighted by atomic mass is 32.2. The van der Waals surface area contributed by atoms with E-state index in [0.29, 0.717) is 5.25 Å². The molecule has 0 radical (unpaired) electrons. The Balaban J connectivity index is 2.45. The second kappa shape index (κ2) is 6.42. The molecule has 1 N–H and O–H groups in total. The van der Waals surface area contributed by atoms with Gasteiger partial charge in [-0.05, 0) is 13.8 Å². The maximum atomic E-state index is 4.91. The summed E-state index contributed by atoms with van der Waals surface area (Å²) in [4.78, 5) is 12.1. The lowest BCUT2D eigenvalue weighted by Crippen LogP contribution is -2.38. The number of rotatable bonds is 3. The van der Waals surface area contributed by atoms with Gasteiger partial charge in [-0.15, -0.1) is 0 Å². The van der Waals surface area contributed by atoms with Gasteiger partial charge < -0.3 is 10.2 Å². The van der Waals surface area contributed by atoms with Crippen molar-refractivity contribution in [2.45, 2.75) is 52.2 Å². The molecule has 4 nitrogen and oxygen atoms in total. The molecule has 1 fully saturated rings. The van der Waals surface area contributed by atoms with E-state index in [1.54, 1.807) is 0 Å². The van der Waals surface area contributed by atoms with E-state index in [2.05, 4.69) is 51.8 Å². The van der Waals surface area contributed by atoms with Crippen LogP contribution in [0.2, 0.25) is 0 Å². The summed E-state index contributed by atoms with van der Waals surface area (Å²) in [5.41, 5.74) is 1.13. The van der Waals surface area contributed by atoms with Gasteiger partial charge in [0.25, 0.3) is 0 Å². The topological polar surface area (TPSA) is 41.1 Å². The Morgan fingerprint density at radius 3 is 2.62 bits per heavy atom. The molecular weight excluding hydrogens is 280 g/mol. The molecule has 0 amide bonds. The van der Waals surface area contributed by atoms with Crippen molar-refractivity contribution < 1.29 is 0 Å². The van der Waals surface area contributed by atoms with Crippen LogP contribution in [0.4, 0.5) is 11.6 Å². The molecular formula is C16H28N4S. The fraction of sp³-hybridized carbons (Fsp3) is 0.750. The Hall–Kier alpha value is -0.970. The summed E-state index contributed by atoms with van der Waals surface area (Å²) >= 11 is 2.05. The summed E-state index contributed by atoms with van der Waals surface area (Å²) in [6.45, 7) is 16.1. The third-order valence-electron chi connectivity index (χ3n) is 3.68. The van der Waals surface area contributed by atoms with Crippen molar-refractivity contribution in [3.63, 3.8) is 0 Å². The van der Waals surface area contributed by atoms with Crippen LogP contribution < -0.4 is 10.2 Å². The van der Waals surface area contributed by atoms with Gasteiger partial charge in [-0.2, -0.15) is 11.8 Å². The first-order valence-electron chi connectivity index (χ1n) is 7.82. The Bertz CT molecular complexity index is 496. The largest absolute Gasteiger partial charge is 0.370 e. The van der Waals surface area contributed by atoms with Crippen molar-refractivity contribution in [1.29, 1.82) is 0 Å². The molecule has 0 spiro atoms. The van der Waals surface area contributed by atoms with Crippen LogP contribution in [0.3, 0.4) is 0 Å². The van der Waals surface area contributed by atoms with E-state index in [0.717, 1.165) is 37.1 Å². The molecule has 118 valence electrons. The van der Waals surface area contributed by atoms with E-state index >= 15 is 0 Å². The van der Waals surface area contributed by atoms with E-state index < -0.39 is 0 Å². The first-order chi connectivity index (χ1) is 9.82. The van der Waals surface area contributed by atoms with Crippen LogP contribution in [0.5, 0.6) is 0 Å². The van der Waals surface area contributed by atoms with Crippen molar-refractivity contribution in [2.24, 2.45) is 0 Å². The molecule has 0 aromatic carbocycles. The van der Waals surface area contributed by atoms with E-state index in [4.69, 9.17) is 9.97 Å². The zero-order chi connectivity index (χ0) is 15.6. The van der Waals surface area contributed by atoms with Crippen molar-refractivity contribution in [3.8, 4) is 0 Å². The Morgan fingerprint density at radius 2 is 2.05 bits per heavy atom. The number of hydrogen-bond acceptors (Lipinski definition) is 5. The highest BCUT2D eigenvalue weighted by Crippen LogP contribution is 2.31. The highest BCUT2D eigenvalue weighted by molar-refractivity contribution is 8.00. The lowest BCUT2D eigenvalue weighted by molar-refractivity contribution is 0.543. The number of nitrogens with zero attached hydrogens (tertiary/aromatic N) is 3. The molecule has 1 unspecified atom stereocenters. The number of nitrogens with one attached hydrogen (secondary N) is 1. The van der Waals surface area contributed by atoms with Crippen molar-refractivity contribution >= 4 is 23.4 Å². The molecule has 1 atom stereocenters. The SMILES string of the molecule is CCNc1nc(C(C)(C)C)nc(N2CCSC(C)C2)c1C. The average molecular weight is 308 g/mol. The standard InChI is InChI=1S/C16H28N4S/c1-7-17-13-12(3)14(19-15(18-13)16(4,5)6)20-8-9-21-11(2)10-20/h11H,7-10H2,1-6H3,(H,17,18,19). The molecule has 5 heteroatoms. The molecule has 1 aromatic rings. The smallest absolute Gasteiger partial charge is 0.138 e. The summed E-state index contributed by atoms with van der Waals surface area (Å²) in [7, 11) is 0. The van der Waals surface area contributed by atoms with Crippen LogP contribution in [0.15, 0.2) is 0 Å². The predicted molar refractivity (Wildman–Crippen MR) is 93.8 cm³/mol. The second-order valence-electron chi connectivity index (χ2n) is 6.75. The summed E-state index contributed by atoms with van der Waals surface area (Å²) in [5, 5.41) is 4.06. The van der Waals surface area contributed by atoms with Crippen LogP contribution in [0.25, 0.3) is 0 Å². The van der Waals surface area contributed by atoms with Gasteiger partial charge in [-0.25, -0.2) is 9.97 Å². The minimum absolute atomic E-state index is 0.0389. The number of thioether (sulfide) groups is 1. The molecule has 1 aromatic heterocycles. The van der Waals surface area contributed by atoms with E-state index in [1.807, 2.05) is 11.8 Å². The number of anilines is 2. The Labute approximate surface area is 133 Å². The number of hydrogen-bond donors (Lipinski definition) is 1. The van der Waals surface area contributed by atoms with E-state index in [1.165, 1.54) is 11.3 Å². The van der Waals surface area contributed by atoms with Crippen molar-refractivity contribution in [2.75, 3.05) is 35.6 Å². The quantitative estimate of drug-likeness (QED) is 0.926. The lowest BCUT2D eigenvalue weighted by Gasteiger charge is -2.33. The van der Waals surface area contributed by atoms with Gasteiger partial charge in [0.2, 0.25) is 0 Å². The van der Waals surface area contributed by atoms with Gasteiger partial charge in [0.1, 0.15) is 17.5 Å². The van der Waals surface area contributed by atoms with Crippen LogP contribution in [0.1, 0.15) is 46.0 Å². The first kappa shape index (κ1) is 16.4. The molecule has 0 bridgehead atoms. The van der Waals surface area contributed by atoms with Crippen molar-refractivity contribution in [3.05, 3.63) is 11.4 Å². The monoisotopic (exact) mass is 308 g/mol. The zero-order valence-electron chi connectivity index (χ0n) is 14.2. The summed E-state index contributed by atoms with van der Waals surface area (Å²) < 4.78 is 0. The fourth-order valence-electron chi connectivity index (χ4n) is 2.50. The molecule has 0 saturated carbocycles. The van der Waals surface area contributed by atoms with Crippen molar-refractivity contribution in [1.82, 2.24) is 9.97 Å². The average Bonchev–Trinajstić information content (AvgIpc) is 2.40. The highest BCUT2D eigenvalue weighted by Gasteiger charge is 2.25. The molecule has 0 aliphatic carbocycles. The van der Waals surface area contributed by atoms with Gasteiger partial charge in [-0.1, -0.05) is 27.7 Å². The molecule has 2 rings (SSSR count).